The first-order valence-corrected chi connectivity index (χ1v) is 34.1. The van der Waals surface area contributed by atoms with Gasteiger partial charge in [-0.15, -0.1) is 46.4 Å². The molecular weight excluding hydrogens is 1120 g/mol. The highest BCUT2D eigenvalue weighted by Crippen LogP contribution is 2.31. The second-order valence-electron chi connectivity index (χ2n) is 14.6. The van der Waals surface area contributed by atoms with Crippen molar-refractivity contribution in [2.45, 2.75) is 81.7 Å². The topological polar surface area (TPSA) is 291 Å². The minimum Gasteiger partial charge on any atom is -0.329 e. The van der Waals surface area contributed by atoms with Crippen molar-refractivity contribution >= 4 is 115 Å². The molecule has 16 nitrogen and oxygen atoms in total. The summed E-state index contributed by atoms with van der Waals surface area (Å²) < 4.78 is 169. The molecular formula is C43H51ClN2O14S10. The van der Waals surface area contributed by atoms with E-state index >= 15 is 0 Å². The maximum absolute atomic E-state index is 12.6. The maximum atomic E-state index is 12.6. The SMILES string of the molecule is C=CS(=O)(=O)c1ccc(S(=O)(=O)c2ccc(CC)s2)cc1.CCc1ccc(S(=O)(=O)c2ccc(S(=O)(=O)CCN)cc2)s1.CS(=O)(=O)CCCS(=O)(=O)c1ccc(S(=O)(=O)c2ccc(CN)s2)cc1.Cl. The molecule has 0 bridgehead atoms. The van der Waals surface area contributed by atoms with E-state index in [-0.39, 0.29) is 91.2 Å². The Kier molecular flexibility index (Phi) is 21.5. The number of nitrogens with two attached hydrogens (primary N) is 2. The standard InChI is InChI=1S/C15H19NO6S4.C14H17NO4S3.C14H14O4S3.ClH/c1-24(17,18)9-2-10-25(19,20)13-4-6-14(7-5-13)26(21,22)15-8-3-12(11-16)23-15;1-2-11-3-8-14(20-11)22(18,19)13-6-4-12(5-7-13)21(16,17)10-9-15;1-3-11-5-10-14(19-11)21(17,18)13-8-6-12(7-9-13)20(15,16)4-2;/h3-8H,2,9-11,16H2,1H3;3-8H,2,9-10,15H2,1H3;4-10H,2-3H2,1H3;1H. The zero-order chi connectivity index (χ0) is 51.6. The van der Waals surface area contributed by atoms with Gasteiger partial charge in [-0.1, -0.05) is 20.4 Å². The van der Waals surface area contributed by atoms with Gasteiger partial charge < -0.3 is 11.5 Å². The molecule has 6 aromatic rings. The zero-order valence-electron chi connectivity index (χ0n) is 37.7. The average Bonchev–Trinajstić information content (AvgIpc) is 4.12. The van der Waals surface area contributed by atoms with Crippen molar-refractivity contribution in [2.24, 2.45) is 11.5 Å². The highest BCUT2D eigenvalue weighted by atomic mass is 35.5. The number of hydrogen-bond donors (Lipinski definition) is 2. The van der Waals surface area contributed by atoms with Crippen LogP contribution in [0, 0.1) is 0 Å². The van der Waals surface area contributed by atoms with Crippen LogP contribution in [0.1, 0.15) is 34.9 Å². The van der Waals surface area contributed by atoms with Crippen molar-refractivity contribution in [2.75, 3.05) is 30.1 Å². The lowest BCUT2D eigenvalue weighted by atomic mass is 10.4. The van der Waals surface area contributed by atoms with Gasteiger partial charge in [0, 0.05) is 39.4 Å². The Bertz CT molecular complexity index is 3550. The van der Waals surface area contributed by atoms with Gasteiger partial charge in [-0.25, -0.2) is 58.9 Å². The molecule has 27 heteroatoms. The number of aryl methyl sites for hydroxylation is 2. The molecule has 6 rings (SSSR count). The predicted octanol–water partition coefficient (Wildman–Crippen LogP) is 6.61. The van der Waals surface area contributed by atoms with Crippen LogP contribution in [0.25, 0.3) is 0 Å². The Morgan fingerprint density at radius 1 is 0.443 bits per heavy atom. The molecule has 384 valence electrons. The van der Waals surface area contributed by atoms with E-state index < -0.39 is 68.9 Å². The van der Waals surface area contributed by atoms with Crippen LogP contribution in [0.2, 0.25) is 0 Å². The average molecular weight is 1180 g/mol. The summed E-state index contributed by atoms with van der Waals surface area (Å²) in [5.41, 5.74) is 10.8. The normalized spacial score (nSPS) is 12.4. The maximum Gasteiger partial charge on any atom is 0.215 e. The Labute approximate surface area is 429 Å². The first kappa shape index (κ1) is 60.7. The Morgan fingerprint density at radius 2 is 0.757 bits per heavy atom. The summed E-state index contributed by atoms with van der Waals surface area (Å²) in [6.45, 7) is 7.41. The lowest BCUT2D eigenvalue weighted by Crippen LogP contribution is -2.15. The van der Waals surface area contributed by atoms with Crippen molar-refractivity contribution in [3.63, 3.8) is 0 Å². The van der Waals surface area contributed by atoms with Gasteiger partial charge in [-0.05, 0) is 128 Å². The fourth-order valence-electron chi connectivity index (χ4n) is 5.81. The Morgan fingerprint density at radius 3 is 1.04 bits per heavy atom. The summed E-state index contributed by atoms with van der Waals surface area (Å²) in [4.78, 5) is 2.92. The van der Waals surface area contributed by atoms with Crippen molar-refractivity contribution in [1.29, 1.82) is 0 Å². The van der Waals surface area contributed by atoms with E-state index in [9.17, 15) is 58.9 Å². The number of benzene rings is 3. The molecule has 0 aliphatic heterocycles. The number of thiophene rings is 3. The Balaban J connectivity index is 0.000000278. The third kappa shape index (κ3) is 15.7. The van der Waals surface area contributed by atoms with Crippen LogP contribution in [0.4, 0.5) is 0 Å². The molecule has 0 amide bonds. The molecule has 0 fully saturated rings. The molecule has 3 aromatic carbocycles. The molecule has 3 aromatic heterocycles. The van der Waals surface area contributed by atoms with Gasteiger partial charge in [-0.3, -0.25) is 0 Å². The summed E-state index contributed by atoms with van der Waals surface area (Å²) in [6, 6.07) is 25.2. The summed E-state index contributed by atoms with van der Waals surface area (Å²) >= 11 is 3.53. The first-order valence-electron chi connectivity index (χ1n) is 20.3. The van der Waals surface area contributed by atoms with Crippen molar-refractivity contribution in [1.82, 2.24) is 0 Å². The zero-order valence-corrected chi connectivity index (χ0v) is 46.7. The van der Waals surface area contributed by atoms with Gasteiger partial charge in [0.15, 0.2) is 29.5 Å². The molecule has 0 unspecified atom stereocenters. The third-order valence-electron chi connectivity index (χ3n) is 9.59. The fourth-order valence-corrected chi connectivity index (χ4v) is 17.8. The summed E-state index contributed by atoms with van der Waals surface area (Å²) in [5, 5.41) is 0.837. The summed E-state index contributed by atoms with van der Waals surface area (Å²) in [7, 11) is -24.9. The van der Waals surface area contributed by atoms with Crippen molar-refractivity contribution in [3.05, 3.63) is 136 Å². The van der Waals surface area contributed by atoms with Crippen LogP contribution in [0.3, 0.4) is 0 Å². The molecule has 0 spiro atoms. The molecule has 0 atom stereocenters. The van der Waals surface area contributed by atoms with E-state index in [1.54, 1.807) is 30.3 Å². The van der Waals surface area contributed by atoms with E-state index in [4.69, 9.17) is 11.5 Å². The minimum absolute atomic E-state index is 0. The number of rotatable bonds is 19. The molecule has 0 aliphatic carbocycles. The van der Waals surface area contributed by atoms with Crippen LogP contribution in [-0.4, -0.2) is 89.0 Å². The van der Waals surface area contributed by atoms with Gasteiger partial charge in [0.25, 0.3) is 0 Å². The van der Waals surface area contributed by atoms with Gasteiger partial charge in [0.2, 0.25) is 29.5 Å². The van der Waals surface area contributed by atoms with E-state index in [2.05, 4.69) is 6.58 Å². The van der Waals surface area contributed by atoms with Gasteiger partial charge in [0.1, 0.15) is 22.5 Å². The molecule has 0 aliphatic rings. The van der Waals surface area contributed by atoms with Crippen LogP contribution in [0.15, 0.2) is 163 Å². The summed E-state index contributed by atoms with van der Waals surface area (Å²) in [6.07, 6.45) is 2.57. The monoisotopic (exact) mass is 1170 g/mol. The quantitative estimate of drug-likeness (QED) is 0.0863. The van der Waals surface area contributed by atoms with Crippen molar-refractivity contribution in [3.8, 4) is 0 Å². The second kappa shape index (κ2) is 24.9. The molecule has 0 radical (unpaired) electrons. The van der Waals surface area contributed by atoms with Crippen LogP contribution < -0.4 is 11.5 Å². The fraction of sp³-hybridized carbons (Fsp3) is 0.256. The lowest BCUT2D eigenvalue weighted by Gasteiger charge is -2.06. The van der Waals surface area contributed by atoms with Crippen LogP contribution >= 0.6 is 46.4 Å². The van der Waals surface area contributed by atoms with Crippen LogP contribution in [0.5, 0.6) is 0 Å². The van der Waals surface area contributed by atoms with E-state index in [0.717, 1.165) is 50.5 Å². The number of hydrogen-bond acceptors (Lipinski definition) is 19. The molecule has 70 heavy (non-hydrogen) atoms. The van der Waals surface area contributed by atoms with Gasteiger partial charge in [0.05, 0.1) is 46.6 Å². The first-order chi connectivity index (χ1) is 32.1. The largest absolute Gasteiger partial charge is 0.329 e. The molecule has 0 saturated carbocycles. The van der Waals surface area contributed by atoms with Crippen LogP contribution in [-0.2, 0) is 88.2 Å². The van der Waals surface area contributed by atoms with Gasteiger partial charge in [-0.2, -0.15) is 0 Å². The smallest absolute Gasteiger partial charge is 0.215 e. The lowest BCUT2D eigenvalue weighted by molar-refractivity contribution is 0.589. The predicted molar refractivity (Wildman–Crippen MR) is 277 cm³/mol. The minimum atomic E-state index is -3.74. The molecule has 4 N–H and O–H groups in total. The third-order valence-corrected chi connectivity index (χ3v) is 25.9. The second-order valence-corrected chi connectivity index (χ2v) is 33.0. The van der Waals surface area contributed by atoms with E-state index in [0.29, 0.717) is 0 Å². The van der Waals surface area contributed by atoms with Crippen molar-refractivity contribution < 1.29 is 58.9 Å². The van der Waals surface area contributed by atoms with E-state index in [1.165, 1.54) is 102 Å². The molecule has 3 heterocycles. The van der Waals surface area contributed by atoms with E-state index in [1.807, 2.05) is 13.8 Å². The number of sulfone groups is 7. The number of halogens is 1. The summed E-state index contributed by atoms with van der Waals surface area (Å²) in [5.74, 6) is -0.707. The Hall–Kier alpha value is -3.64. The highest BCUT2D eigenvalue weighted by Gasteiger charge is 2.24. The molecule has 0 saturated heterocycles. The highest BCUT2D eigenvalue weighted by molar-refractivity contribution is 7.95. The van der Waals surface area contributed by atoms with Gasteiger partial charge >= 0.3 is 0 Å².